The molecule has 6 heteroatoms. The van der Waals surface area contributed by atoms with Gasteiger partial charge in [0.1, 0.15) is 0 Å². The van der Waals surface area contributed by atoms with Gasteiger partial charge in [-0.1, -0.05) is 48.5 Å². The fourth-order valence-corrected chi connectivity index (χ4v) is 5.37. The number of nitrogens with one attached hydrogen (secondary N) is 2. The van der Waals surface area contributed by atoms with Crippen LogP contribution in [0.5, 0.6) is 0 Å². The minimum Gasteiger partial charge on any atom is -0.309 e. The van der Waals surface area contributed by atoms with E-state index in [1.807, 2.05) is 0 Å². The van der Waals surface area contributed by atoms with Crippen molar-refractivity contribution in [3.63, 3.8) is 0 Å². The molecular formula is C28H34N4S2. The first-order valence-corrected chi connectivity index (χ1v) is 12.0. The SMILES string of the molecule is C1=C(c2ccc(-c3ccc(C4=CN=C([C@H]5CCCN5)C4)cc3)cc2)CC([C@@H]2CCCN2)=N1.S.S. The number of nitrogens with zero attached hydrogens (tertiary/aromatic N) is 2. The molecule has 6 rings (SSSR count). The summed E-state index contributed by atoms with van der Waals surface area (Å²) in [5, 5.41) is 7.13. The summed E-state index contributed by atoms with van der Waals surface area (Å²) in [4.78, 5) is 9.41. The van der Waals surface area contributed by atoms with E-state index in [2.05, 4.69) is 71.6 Å². The zero-order valence-electron chi connectivity index (χ0n) is 19.5. The molecule has 0 bridgehead atoms. The van der Waals surface area contributed by atoms with Gasteiger partial charge < -0.3 is 10.6 Å². The number of aliphatic imine (C=N–C) groups is 2. The Morgan fingerprint density at radius 1 is 0.559 bits per heavy atom. The highest BCUT2D eigenvalue weighted by Gasteiger charge is 2.24. The summed E-state index contributed by atoms with van der Waals surface area (Å²) < 4.78 is 0. The summed E-state index contributed by atoms with van der Waals surface area (Å²) in [5.41, 5.74) is 10.3. The quantitative estimate of drug-likeness (QED) is 0.585. The summed E-state index contributed by atoms with van der Waals surface area (Å²) in [7, 11) is 0. The first kappa shape index (κ1) is 25.0. The predicted octanol–water partition coefficient (Wildman–Crippen LogP) is 5.45. The van der Waals surface area contributed by atoms with E-state index in [9.17, 15) is 0 Å². The van der Waals surface area contributed by atoms with Crippen molar-refractivity contribution in [2.24, 2.45) is 9.98 Å². The molecule has 4 nitrogen and oxygen atoms in total. The number of hydrogen-bond donors (Lipinski definition) is 2. The van der Waals surface area contributed by atoms with Gasteiger partial charge >= 0.3 is 0 Å². The van der Waals surface area contributed by atoms with Gasteiger partial charge in [-0.15, -0.1) is 0 Å². The molecule has 0 spiro atoms. The van der Waals surface area contributed by atoms with Crippen molar-refractivity contribution in [1.29, 1.82) is 0 Å². The minimum absolute atomic E-state index is 0. The second kappa shape index (κ2) is 11.1. The highest BCUT2D eigenvalue weighted by Crippen LogP contribution is 2.31. The standard InChI is InChI=1S/C28H30N4.2H2S/c1-3-25(29-13-1)27-15-23(17-31-27)21-9-5-19(6-10-21)20-7-11-22(12-8-20)24-16-28(32-18-24)26-4-2-14-30-26;;/h5-12,17-18,25-26,29-30H,1-4,13-16H2;2*1H2/t25-,26+;;. The summed E-state index contributed by atoms with van der Waals surface area (Å²) in [6, 6.07) is 18.9. The molecule has 178 valence electrons. The van der Waals surface area contributed by atoms with E-state index < -0.39 is 0 Å². The maximum atomic E-state index is 4.71. The molecule has 0 saturated carbocycles. The van der Waals surface area contributed by atoms with E-state index in [-0.39, 0.29) is 27.0 Å². The summed E-state index contributed by atoms with van der Waals surface area (Å²) in [5.74, 6) is 0. The molecule has 34 heavy (non-hydrogen) atoms. The lowest BCUT2D eigenvalue weighted by atomic mass is 9.95. The summed E-state index contributed by atoms with van der Waals surface area (Å²) in [6.07, 6.45) is 11.0. The van der Waals surface area contributed by atoms with Crippen LogP contribution in [0, 0.1) is 0 Å². The van der Waals surface area contributed by atoms with E-state index in [0.29, 0.717) is 12.1 Å². The third kappa shape index (κ3) is 5.10. The summed E-state index contributed by atoms with van der Waals surface area (Å²) >= 11 is 0. The molecular weight excluding hydrogens is 456 g/mol. The Bertz CT molecular complexity index is 1030. The van der Waals surface area contributed by atoms with Crippen molar-refractivity contribution in [1.82, 2.24) is 10.6 Å². The Labute approximate surface area is 216 Å². The van der Waals surface area contributed by atoms with Gasteiger partial charge in [-0.25, -0.2) is 0 Å². The Hall–Kier alpha value is -2.12. The third-order valence-corrected chi connectivity index (χ3v) is 7.29. The van der Waals surface area contributed by atoms with Crippen LogP contribution >= 0.6 is 27.0 Å². The average molecular weight is 491 g/mol. The zero-order valence-corrected chi connectivity index (χ0v) is 21.5. The lowest BCUT2D eigenvalue weighted by Gasteiger charge is -2.12. The van der Waals surface area contributed by atoms with Crippen LogP contribution in [0.1, 0.15) is 49.7 Å². The maximum Gasteiger partial charge on any atom is 0.0459 e. The van der Waals surface area contributed by atoms with Gasteiger partial charge in [0.2, 0.25) is 0 Å². The van der Waals surface area contributed by atoms with Crippen LogP contribution < -0.4 is 10.6 Å². The fourth-order valence-electron chi connectivity index (χ4n) is 5.37. The molecule has 2 aromatic carbocycles. The van der Waals surface area contributed by atoms with Crippen LogP contribution in [-0.4, -0.2) is 36.6 Å². The first-order valence-electron chi connectivity index (χ1n) is 12.0. The first-order chi connectivity index (χ1) is 15.8. The smallest absolute Gasteiger partial charge is 0.0459 e. The Balaban J connectivity index is 0.00000137. The van der Waals surface area contributed by atoms with Crippen molar-refractivity contribution in [2.45, 2.75) is 50.6 Å². The van der Waals surface area contributed by atoms with Gasteiger partial charge in [-0.2, -0.15) is 27.0 Å². The molecule has 2 N–H and O–H groups in total. The molecule has 0 aromatic heterocycles. The van der Waals surface area contributed by atoms with Crippen LogP contribution in [0.15, 0.2) is 70.9 Å². The molecule has 2 atom stereocenters. The van der Waals surface area contributed by atoms with E-state index in [4.69, 9.17) is 9.98 Å². The maximum absolute atomic E-state index is 4.71. The third-order valence-electron chi connectivity index (χ3n) is 7.29. The monoisotopic (exact) mass is 490 g/mol. The Kier molecular flexibility index (Phi) is 8.14. The van der Waals surface area contributed by atoms with Gasteiger partial charge in [0.05, 0.1) is 0 Å². The molecule has 0 aliphatic carbocycles. The van der Waals surface area contributed by atoms with E-state index in [0.717, 1.165) is 25.9 Å². The van der Waals surface area contributed by atoms with Crippen LogP contribution in [0.4, 0.5) is 0 Å². The highest BCUT2D eigenvalue weighted by atomic mass is 32.1. The largest absolute Gasteiger partial charge is 0.309 e. The topological polar surface area (TPSA) is 48.8 Å². The van der Waals surface area contributed by atoms with Crippen molar-refractivity contribution >= 4 is 49.6 Å². The summed E-state index contributed by atoms with van der Waals surface area (Å²) in [6.45, 7) is 2.24. The molecule has 0 unspecified atom stereocenters. The lowest BCUT2D eigenvalue weighted by Crippen LogP contribution is -2.29. The molecule has 4 heterocycles. The van der Waals surface area contributed by atoms with Gasteiger partial charge in [-0.05, 0) is 72.2 Å². The Morgan fingerprint density at radius 3 is 1.29 bits per heavy atom. The van der Waals surface area contributed by atoms with Crippen LogP contribution in [0.3, 0.4) is 0 Å². The molecule has 2 saturated heterocycles. The number of rotatable bonds is 5. The minimum atomic E-state index is 0. The predicted molar refractivity (Wildman–Crippen MR) is 155 cm³/mol. The second-order valence-corrected chi connectivity index (χ2v) is 9.36. The van der Waals surface area contributed by atoms with Crippen molar-refractivity contribution in [3.8, 4) is 11.1 Å². The van der Waals surface area contributed by atoms with Crippen molar-refractivity contribution < 1.29 is 0 Å². The molecule has 4 aliphatic heterocycles. The normalized spacial score (nSPS) is 23.5. The molecule has 2 aromatic rings. The van der Waals surface area contributed by atoms with Crippen LogP contribution in [-0.2, 0) is 0 Å². The Morgan fingerprint density at radius 2 is 0.941 bits per heavy atom. The van der Waals surface area contributed by atoms with Crippen LogP contribution in [0.25, 0.3) is 22.3 Å². The number of benzene rings is 2. The highest BCUT2D eigenvalue weighted by molar-refractivity contribution is 7.59. The van der Waals surface area contributed by atoms with E-state index in [1.54, 1.807) is 0 Å². The van der Waals surface area contributed by atoms with Crippen LogP contribution in [0.2, 0.25) is 0 Å². The van der Waals surface area contributed by atoms with Gasteiger partial charge in [-0.3, -0.25) is 9.98 Å². The molecule has 2 fully saturated rings. The molecule has 4 aliphatic rings. The van der Waals surface area contributed by atoms with Crippen molar-refractivity contribution in [2.75, 3.05) is 13.1 Å². The number of allylic oxidation sites excluding steroid dienone is 2. The van der Waals surface area contributed by atoms with Crippen molar-refractivity contribution in [3.05, 3.63) is 72.1 Å². The average Bonchev–Trinajstić information content (AvgIpc) is 3.66. The zero-order chi connectivity index (χ0) is 21.3. The van der Waals surface area contributed by atoms with E-state index >= 15 is 0 Å². The van der Waals surface area contributed by atoms with Gasteiger partial charge in [0.25, 0.3) is 0 Å². The molecule has 0 amide bonds. The second-order valence-electron chi connectivity index (χ2n) is 9.36. The van der Waals surface area contributed by atoms with Gasteiger partial charge in [0.15, 0.2) is 0 Å². The van der Waals surface area contributed by atoms with E-state index in [1.165, 1.54) is 70.5 Å². The fraction of sp³-hybridized carbons (Fsp3) is 0.357. The lowest BCUT2D eigenvalue weighted by molar-refractivity contribution is 0.756. The molecule has 0 radical (unpaired) electrons. The number of hydrogen-bond acceptors (Lipinski definition) is 4. The van der Waals surface area contributed by atoms with Gasteiger partial charge in [0, 0.05) is 48.7 Å².